The summed E-state index contributed by atoms with van der Waals surface area (Å²) < 4.78 is 31.3. The van der Waals surface area contributed by atoms with E-state index in [2.05, 4.69) is 15.2 Å². The van der Waals surface area contributed by atoms with Crippen LogP contribution in [0.15, 0.2) is 35.3 Å². The van der Waals surface area contributed by atoms with Crippen LogP contribution in [-0.4, -0.2) is 35.9 Å². The van der Waals surface area contributed by atoms with Crippen LogP contribution in [0.2, 0.25) is 0 Å². The fraction of sp³-hybridized carbons (Fsp3) is 0.412. The Morgan fingerprint density at radius 1 is 1.28 bits per heavy atom. The van der Waals surface area contributed by atoms with Crippen LogP contribution in [0.1, 0.15) is 17.8 Å². The monoisotopic (exact) mass is 350 g/mol. The van der Waals surface area contributed by atoms with Crippen molar-refractivity contribution in [2.45, 2.75) is 20.0 Å². The van der Waals surface area contributed by atoms with E-state index in [0.29, 0.717) is 17.8 Å². The molecule has 0 amide bonds. The maximum absolute atomic E-state index is 12.8. The molecule has 0 saturated carbocycles. The Kier molecular flexibility index (Phi) is 5.28. The number of nitrogens with one attached hydrogen (secondary N) is 1. The van der Waals surface area contributed by atoms with E-state index in [1.807, 2.05) is 19.1 Å². The number of alkyl halides is 2. The highest BCUT2D eigenvalue weighted by molar-refractivity contribution is 5.53. The SMILES string of the molecule is Cc1nc(N2CCOCC2)ccc1NCc1cccn(C(F)F)c1=O. The lowest BCUT2D eigenvalue weighted by molar-refractivity contribution is 0.0660. The molecule has 0 aromatic carbocycles. The van der Waals surface area contributed by atoms with Crippen molar-refractivity contribution in [1.29, 1.82) is 0 Å². The molecule has 2 aromatic heterocycles. The first-order chi connectivity index (χ1) is 12.1. The van der Waals surface area contributed by atoms with E-state index < -0.39 is 12.1 Å². The van der Waals surface area contributed by atoms with Gasteiger partial charge in [-0.3, -0.25) is 9.36 Å². The van der Waals surface area contributed by atoms with Gasteiger partial charge in [-0.1, -0.05) is 6.07 Å². The van der Waals surface area contributed by atoms with E-state index in [9.17, 15) is 13.6 Å². The molecule has 1 fully saturated rings. The van der Waals surface area contributed by atoms with Crippen LogP contribution in [0.5, 0.6) is 0 Å². The second-order valence-corrected chi connectivity index (χ2v) is 5.78. The number of nitrogens with zero attached hydrogens (tertiary/aromatic N) is 3. The number of ether oxygens (including phenoxy) is 1. The lowest BCUT2D eigenvalue weighted by Crippen LogP contribution is -2.36. The van der Waals surface area contributed by atoms with Crippen molar-refractivity contribution in [3.05, 3.63) is 52.1 Å². The number of pyridine rings is 2. The van der Waals surface area contributed by atoms with Crippen molar-refractivity contribution in [2.24, 2.45) is 0 Å². The highest BCUT2D eigenvalue weighted by Gasteiger charge is 2.14. The maximum atomic E-state index is 12.8. The van der Waals surface area contributed by atoms with Gasteiger partial charge in [0.1, 0.15) is 5.82 Å². The summed E-state index contributed by atoms with van der Waals surface area (Å²) in [5.74, 6) is 0.881. The first kappa shape index (κ1) is 17.3. The highest BCUT2D eigenvalue weighted by atomic mass is 19.3. The van der Waals surface area contributed by atoms with Crippen molar-refractivity contribution < 1.29 is 13.5 Å². The third kappa shape index (κ3) is 3.96. The first-order valence-corrected chi connectivity index (χ1v) is 8.08. The van der Waals surface area contributed by atoms with Crippen LogP contribution in [-0.2, 0) is 11.3 Å². The molecule has 1 aliphatic heterocycles. The Balaban J connectivity index is 1.71. The molecule has 3 heterocycles. The van der Waals surface area contributed by atoms with Gasteiger partial charge in [-0.25, -0.2) is 4.98 Å². The summed E-state index contributed by atoms with van der Waals surface area (Å²) in [5.41, 5.74) is 1.14. The van der Waals surface area contributed by atoms with Crippen molar-refractivity contribution in [3.63, 3.8) is 0 Å². The van der Waals surface area contributed by atoms with Gasteiger partial charge in [-0.2, -0.15) is 8.78 Å². The van der Waals surface area contributed by atoms with E-state index in [4.69, 9.17) is 4.74 Å². The summed E-state index contributed by atoms with van der Waals surface area (Å²) in [6.45, 7) is 2.16. The molecule has 0 spiro atoms. The molecule has 134 valence electrons. The molecule has 1 saturated heterocycles. The minimum absolute atomic E-state index is 0.159. The zero-order valence-corrected chi connectivity index (χ0v) is 13.9. The number of rotatable bonds is 5. The summed E-state index contributed by atoms with van der Waals surface area (Å²) >= 11 is 0. The van der Waals surface area contributed by atoms with Gasteiger partial charge in [0.25, 0.3) is 5.56 Å². The molecule has 0 unspecified atom stereocenters. The quantitative estimate of drug-likeness (QED) is 0.897. The van der Waals surface area contributed by atoms with Crippen molar-refractivity contribution in [3.8, 4) is 0 Å². The lowest BCUT2D eigenvalue weighted by Gasteiger charge is -2.28. The summed E-state index contributed by atoms with van der Waals surface area (Å²) in [6, 6.07) is 6.78. The van der Waals surface area contributed by atoms with Crippen molar-refractivity contribution >= 4 is 11.5 Å². The van der Waals surface area contributed by atoms with E-state index in [0.717, 1.165) is 36.5 Å². The minimum atomic E-state index is -2.84. The average molecular weight is 350 g/mol. The van der Waals surface area contributed by atoms with E-state index in [1.165, 1.54) is 6.07 Å². The van der Waals surface area contributed by atoms with Crippen LogP contribution >= 0.6 is 0 Å². The summed E-state index contributed by atoms with van der Waals surface area (Å²) in [7, 11) is 0. The van der Waals surface area contributed by atoms with Crippen LogP contribution in [0, 0.1) is 6.92 Å². The fourth-order valence-electron chi connectivity index (χ4n) is 2.74. The van der Waals surface area contributed by atoms with E-state index >= 15 is 0 Å². The number of morpholine rings is 1. The van der Waals surface area contributed by atoms with Crippen LogP contribution < -0.4 is 15.8 Å². The van der Waals surface area contributed by atoms with Gasteiger partial charge in [0, 0.05) is 31.4 Å². The number of aryl methyl sites for hydroxylation is 1. The zero-order chi connectivity index (χ0) is 17.8. The van der Waals surface area contributed by atoms with Crippen molar-refractivity contribution in [2.75, 3.05) is 36.5 Å². The third-order valence-electron chi connectivity index (χ3n) is 4.14. The Bertz CT molecular complexity index is 788. The molecule has 8 heteroatoms. The number of hydrogen-bond donors (Lipinski definition) is 1. The third-order valence-corrected chi connectivity index (χ3v) is 4.14. The standard InChI is InChI=1S/C17H20F2N4O2/c1-12-14(4-5-15(21-12)22-7-9-25-10-8-22)20-11-13-3-2-6-23(16(13)24)17(18)19/h2-6,17,20H,7-11H2,1H3. The normalized spacial score (nSPS) is 14.8. The topological polar surface area (TPSA) is 59.4 Å². The van der Waals surface area contributed by atoms with E-state index in [-0.39, 0.29) is 12.1 Å². The molecule has 0 radical (unpaired) electrons. The summed E-state index contributed by atoms with van der Waals surface area (Å²) in [5, 5.41) is 3.10. The number of anilines is 2. The zero-order valence-electron chi connectivity index (χ0n) is 13.9. The Hall–Kier alpha value is -2.48. The van der Waals surface area contributed by atoms with Gasteiger partial charge in [-0.15, -0.1) is 0 Å². The first-order valence-electron chi connectivity index (χ1n) is 8.08. The Morgan fingerprint density at radius 3 is 2.72 bits per heavy atom. The highest BCUT2D eigenvalue weighted by Crippen LogP contribution is 2.20. The largest absolute Gasteiger partial charge is 0.379 e. The molecule has 0 bridgehead atoms. The Labute approximate surface area is 144 Å². The smallest absolute Gasteiger partial charge is 0.321 e. The predicted octanol–water partition coefficient (Wildman–Crippen LogP) is 2.40. The van der Waals surface area contributed by atoms with Gasteiger partial charge < -0.3 is 15.0 Å². The molecule has 3 rings (SSSR count). The predicted molar refractivity (Wildman–Crippen MR) is 91.3 cm³/mol. The molecule has 25 heavy (non-hydrogen) atoms. The summed E-state index contributed by atoms with van der Waals surface area (Å²) in [4.78, 5) is 18.7. The van der Waals surface area contributed by atoms with Gasteiger partial charge in [-0.05, 0) is 25.1 Å². The van der Waals surface area contributed by atoms with Gasteiger partial charge in [0.15, 0.2) is 0 Å². The fourth-order valence-corrected chi connectivity index (χ4v) is 2.74. The van der Waals surface area contributed by atoms with Gasteiger partial charge in [0.05, 0.1) is 24.6 Å². The molecule has 1 aliphatic rings. The lowest BCUT2D eigenvalue weighted by atomic mass is 10.2. The number of halogens is 2. The molecular weight excluding hydrogens is 330 g/mol. The molecule has 1 N–H and O–H groups in total. The molecule has 0 aliphatic carbocycles. The number of hydrogen-bond acceptors (Lipinski definition) is 5. The second kappa shape index (κ2) is 7.60. The van der Waals surface area contributed by atoms with Crippen LogP contribution in [0.4, 0.5) is 20.3 Å². The number of aromatic nitrogens is 2. The van der Waals surface area contributed by atoms with Crippen molar-refractivity contribution in [1.82, 2.24) is 9.55 Å². The van der Waals surface area contributed by atoms with Crippen LogP contribution in [0.25, 0.3) is 0 Å². The van der Waals surface area contributed by atoms with Crippen LogP contribution in [0.3, 0.4) is 0 Å². The maximum Gasteiger partial charge on any atom is 0.321 e. The molecule has 6 nitrogen and oxygen atoms in total. The Morgan fingerprint density at radius 2 is 2.04 bits per heavy atom. The second-order valence-electron chi connectivity index (χ2n) is 5.78. The summed E-state index contributed by atoms with van der Waals surface area (Å²) in [6.07, 6.45) is 1.08. The molecular formula is C17H20F2N4O2. The average Bonchev–Trinajstić information content (AvgIpc) is 2.62. The van der Waals surface area contributed by atoms with Gasteiger partial charge in [0.2, 0.25) is 0 Å². The van der Waals surface area contributed by atoms with E-state index in [1.54, 1.807) is 6.07 Å². The minimum Gasteiger partial charge on any atom is -0.379 e. The molecule has 2 aromatic rings. The van der Waals surface area contributed by atoms with Gasteiger partial charge >= 0.3 is 6.55 Å². The molecule has 0 atom stereocenters.